The van der Waals surface area contributed by atoms with Gasteiger partial charge in [-0.2, -0.15) is 0 Å². The van der Waals surface area contributed by atoms with Crippen LogP contribution in [0.5, 0.6) is 0 Å². The van der Waals surface area contributed by atoms with Crippen LogP contribution in [0.1, 0.15) is 29.9 Å². The number of benzene rings is 1. The Kier molecular flexibility index (Phi) is 6.02. The summed E-state index contributed by atoms with van der Waals surface area (Å²) in [6.45, 7) is 10.8. The van der Waals surface area contributed by atoms with Crippen molar-refractivity contribution in [2.45, 2.75) is 45.1 Å². The number of hydrogen-bond donors (Lipinski definition) is 0. The highest BCUT2D eigenvalue weighted by Crippen LogP contribution is 2.36. The van der Waals surface area contributed by atoms with E-state index < -0.39 is 0 Å². The van der Waals surface area contributed by atoms with Crippen LogP contribution in [0.15, 0.2) is 45.3 Å². The number of ether oxygens (including phenoxy) is 1. The molecule has 4 rings (SSSR count). The third kappa shape index (κ3) is 4.10. The number of aromatic nitrogens is 2. The molecule has 0 spiro atoms. The summed E-state index contributed by atoms with van der Waals surface area (Å²) in [5, 5.41) is 1.44. The third-order valence-electron chi connectivity index (χ3n) is 5.07. The maximum absolute atomic E-state index is 13.8. The molecule has 1 aliphatic rings. The fraction of sp³-hybridized carbons (Fsp3) is 0.364. The summed E-state index contributed by atoms with van der Waals surface area (Å²) in [5.74, 6) is 1.05. The average molecular weight is 491 g/mol. The molecular weight excluding hydrogens is 468 g/mol. The SMILES string of the molecule is C=C(Br)CSc1nc2sc3c(c2c(=O)n1-c1cccc(C)c1)C[C@@H](C(C)C)OC3. The van der Waals surface area contributed by atoms with Gasteiger partial charge >= 0.3 is 0 Å². The standard InChI is InChI=1S/C22H23BrN2O2S2/c1-12(2)17-9-16-18(10-27-17)29-20-19(16)21(26)25(15-7-5-6-13(3)8-15)22(24-20)28-11-14(4)23/h5-8,12,17H,4,9-11H2,1-3H3/t17-/m0/s1. The van der Waals surface area contributed by atoms with Crippen LogP contribution in [0.4, 0.5) is 0 Å². The monoisotopic (exact) mass is 490 g/mol. The van der Waals surface area contributed by atoms with Crippen molar-refractivity contribution < 1.29 is 4.74 Å². The van der Waals surface area contributed by atoms with Gasteiger partial charge in [-0.05, 0) is 40.6 Å². The van der Waals surface area contributed by atoms with Gasteiger partial charge in [-0.25, -0.2) is 4.98 Å². The van der Waals surface area contributed by atoms with Crippen molar-refractivity contribution in [3.63, 3.8) is 0 Å². The first-order valence-electron chi connectivity index (χ1n) is 9.57. The van der Waals surface area contributed by atoms with Crippen LogP contribution in [0.2, 0.25) is 0 Å². The summed E-state index contributed by atoms with van der Waals surface area (Å²) in [7, 11) is 0. The van der Waals surface area contributed by atoms with E-state index >= 15 is 0 Å². The second-order valence-corrected chi connectivity index (χ2v) is 10.8. The zero-order valence-electron chi connectivity index (χ0n) is 16.7. The third-order valence-corrected chi connectivity index (χ3v) is 7.85. The molecule has 7 heteroatoms. The lowest BCUT2D eigenvalue weighted by Crippen LogP contribution is -2.28. The number of hydrogen-bond acceptors (Lipinski definition) is 5. The molecule has 29 heavy (non-hydrogen) atoms. The molecule has 3 heterocycles. The molecular formula is C22H23BrN2O2S2. The van der Waals surface area contributed by atoms with Crippen molar-refractivity contribution in [3.8, 4) is 5.69 Å². The molecule has 4 nitrogen and oxygen atoms in total. The van der Waals surface area contributed by atoms with E-state index in [-0.39, 0.29) is 11.7 Å². The van der Waals surface area contributed by atoms with Crippen LogP contribution < -0.4 is 5.56 Å². The Morgan fingerprint density at radius 2 is 2.28 bits per heavy atom. The first-order valence-corrected chi connectivity index (χ1v) is 12.2. The topological polar surface area (TPSA) is 44.1 Å². The Bertz CT molecular complexity index is 1150. The van der Waals surface area contributed by atoms with Gasteiger partial charge in [0.25, 0.3) is 5.56 Å². The summed E-state index contributed by atoms with van der Waals surface area (Å²) in [6, 6.07) is 8.00. The summed E-state index contributed by atoms with van der Waals surface area (Å²) in [4.78, 5) is 20.6. The zero-order valence-corrected chi connectivity index (χ0v) is 19.9. The molecule has 0 radical (unpaired) electrons. The fourth-order valence-electron chi connectivity index (χ4n) is 3.57. The lowest BCUT2D eigenvalue weighted by atomic mass is 9.96. The predicted molar refractivity (Wildman–Crippen MR) is 126 cm³/mol. The molecule has 1 atom stereocenters. The van der Waals surface area contributed by atoms with E-state index in [2.05, 4.69) is 36.4 Å². The molecule has 0 unspecified atom stereocenters. The number of aryl methyl sites for hydroxylation is 1. The molecule has 0 N–H and O–H groups in total. The van der Waals surface area contributed by atoms with E-state index in [9.17, 15) is 4.79 Å². The zero-order chi connectivity index (χ0) is 20.7. The van der Waals surface area contributed by atoms with Crippen LogP contribution in [-0.4, -0.2) is 21.4 Å². The number of halogens is 1. The van der Waals surface area contributed by atoms with Crippen molar-refractivity contribution in [2.75, 3.05) is 5.75 Å². The molecule has 3 aromatic rings. The van der Waals surface area contributed by atoms with E-state index in [1.54, 1.807) is 15.9 Å². The first-order chi connectivity index (χ1) is 13.8. The van der Waals surface area contributed by atoms with E-state index in [1.807, 2.05) is 31.2 Å². The van der Waals surface area contributed by atoms with Gasteiger partial charge in [-0.3, -0.25) is 9.36 Å². The number of thiophene rings is 1. The van der Waals surface area contributed by atoms with Gasteiger partial charge in [0.15, 0.2) is 5.16 Å². The van der Waals surface area contributed by atoms with Crippen LogP contribution in [0.25, 0.3) is 15.9 Å². The predicted octanol–water partition coefficient (Wildman–Crippen LogP) is 5.85. The van der Waals surface area contributed by atoms with Crippen molar-refractivity contribution in [1.82, 2.24) is 9.55 Å². The number of nitrogens with zero attached hydrogens (tertiary/aromatic N) is 2. The van der Waals surface area contributed by atoms with Crippen LogP contribution in [0, 0.1) is 12.8 Å². The smallest absolute Gasteiger partial charge is 0.267 e. The number of rotatable bonds is 5. The molecule has 1 aliphatic heterocycles. The highest BCUT2D eigenvalue weighted by molar-refractivity contribution is 9.11. The summed E-state index contributed by atoms with van der Waals surface area (Å²) >= 11 is 6.52. The van der Waals surface area contributed by atoms with E-state index in [4.69, 9.17) is 9.72 Å². The molecule has 0 amide bonds. The Morgan fingerprint density at radius 1 is 1.48 bits per heavy atom. The van der Waals surface area contributed by atoms with Crippen molar-refractivity contribution in [3.05, 3.63) is 61.7 Å². The summed E-state index contributed by atoms with van der Waals surface area (Å²) in [5.41, 5.74) is 3.08. The lowest BCUT2D eigenvalue weighted by Gasteiger charge is -2.26. The Hall–Kier alpha value is -1.41. The molecule has 1 aromatic carbocycles. The fourth-order valence-corrected chi connectivity index (χ4v) is 5.84. The van der Waals surface area contributed by atoms with Gasteiger partial charge in [0, 0.05) is 17.1 Å². The van der Waals surface area contributed by atoms with Gasteiger partial charge < -0.3 is 4.74 Å². The van der Waals surface area contributed by atoms with Gasteiger partial charge in [0.1, 0.15) is 4.83 Å². The maximum atomic E-state index is 13.8. The largest absolute Gasteiger partial charge is 0.372 e. The average Bonchev–Trinajstić information content (AvgIpc) is 3.04. The van der Waals surface area contributed by atoms with Crippen molar-refractivity contribution >= 4 is 49.2 Å². The molecule has 0 bridgehead atoms. The Balaban J connectivity index is 1.94. The minimum atomic E-state index is 0.00481. The van der Waals surface area contributed by atoms with Crippen LogP contribution in [-0.2, 0) is 17.8 Å². The minimum absolute atomic E-state index is 0.00481. The van der Waals surface area contributed by atoms with Crippen LogP contribution >= 0.6 is 39.0 Å². The summed E-state index contributed by atoms with van der Waals surface area (Å²) in [6.07, 6.45) is 0.903. The highest BCUT2D eigenvalue weighted by atomic mass is 79.9. The maximum Gasteiger partial charge on any atom is 0.267 e. The Labute approximate surface area is 187 Å². The minimum Gasteiger partial charge on any atom is -0.372 e. The molecule has 0 fully saturated rings. The molecule has 152 valence electrons. The van der Waals surface area contributed by atoms with Crippen molar-refractivity contribution in [1.29, 1.82) is 0 Å². The van der Waals surface area contributed by atoms with Crippen LogP contribution in [0.3, 0.4) is 0 Å². The second-order valence-electron chi connectivity index (χ2n) is 7.66. The normalized spacial score (nSPS) is 16.4. The highest BCUT2D eigenvalue weighted by Gasteiger charge is 2.28. The van der Waals surface area contributed by atoms with Gasteiger partial charge in [0.05, 0.1) is 23.8 Å². The quantitative estimate of drug-likeness (QED) is 0.332. The first kappa shape index (κ1) is 20.8. The molecule has 0 saturated carbocycles. The van der Waals surface area contributed by atoms with E-state index in [0.29, 0.717) is 23.4 Å². The van der Waals surface area contributed by atoms with Crippen molar-refractivity contribution in [2.24, 2.45) is 5.92 Å². The molecule has 0 aliphatic carbocycles. The Morgan fingerprint density at radius 3 is 2.97 bits per heavy atom. The van der Waals surface area contributed by atoms with Gasteiger partial charge in [-0.15, -0.1) is 11.3 Å². The molecule has 2 aromatic heterocycles. The summed E-state index contributed by atoms with van der Waals surface area (Å²) < 4.78 is 8.65. The molecule has 0 saturated heterocycles. The number of thioether (sulfide) groups is 1. The van der Waals surface area contributed by atoms with E-state index in [1.165, 1.54) is 11.8 Å². The van der Waals surface area contributed by atoms with E-state index in [0.717, 1.165) is 42.8 Å². The number of fused-ring (bicyclic) bond motifs is 3. The van der Waals surface area contributed by atoms with Gasteiger partial charge in [-0.1, -0.05) is 60.3 Å². The van der Waals surface area contributed by atoms with Gasteiger partial charge in [0.2, 0.25) is 0 Å². The second kappa shape index (κ2) is 8.38. The lowest BCUT2D eigenvalue weighted by molar-refractivity contribution is 0.00200.